The van der Waals surface area contributed by atoms with Gasteiger partial charge in [-0.2, -0.15) is 0 Å². The van der Waals surface area contributed by atoms with Crippen molar-refractivity contribution in [1.82, 2.24) is 10.3 Å². The first-order valence-electron chi connectivity index (χ1n) is 6.24. The number of anilines is 1. The summed E-state index contributed by atoms with van der Waals surface area (Å²) in [5.41, 5.74) is 0.955. The SMILES string of the molecule is CCN(C(C)=O)c1nc(CNC2CC(O)C2)cs1. The molecule has 1 amide bonds. The van der Waals surface area contributed by atoms with Crippen LogP contribution in [0.1, 0.15) is 32.4 Å². The summed E-state index contributed by atoms with van der Waals surface area (Å²) in [4.78, 5) is 17.5. The highest BCUT2D eigenvalue weighted by Crippen LogP contribution is 2.22. The van der Waals surface area contributed by atoms with Crippen molar-refractivity contribution in [3.8, 4) is 0 Å². The van der Waals surface area contributed by atoms with Crippen molar-refractivity contribution in [2.24, 2.45) is 0 Å². The molecule has 18 heavy (non-hydrogen) atoms. The monoisotopic (exact) mass is 269 g/mol. The third-order valence-electron chi connectivity index (χ3n) is 3.15. The molecule has 1 saturated carbocycles. The molecular formula is C12H19N3O2S. The van der Waals surface area contributed by atoms with Gasteiger partial charge in [-0.1, -0.05) is 0 Å². The van der Waals surface area contributed by atoms with Gasteiger partial charge in [0.15, 0.2) is 5.13 Å². The van der Waals surface area contributed by atoms with E-state index in [1.165, 1.54) is 11.3 Å². The fourth-order valence-electron chi connectivity index (χ4n) is 2.00. The summed E-state index contributed by atoms with van der Waals surface area (Å²) < 4.78 is 0. The normalized spacial score (nSPS) is 22.6. The van der Waals surface area contributed by atoms with Crippen LogP contribution in [0.3, 0.4) is 0 Å². The first-order valence-corrected chi connectivity index (χ1v) is 7.12. The zero-order valence-corrected chi connectivity index (χ0v) is 11.5. The molecule has 0 radical (unpaired) electrons. The number of hydrogen-bond acceptors (Lipinski definition) is 5. The summed E-state index contributed by atoms with van der Waals surface area (Å²) in [5.74, 6) is 0.0217. The van der Waals surface area contributed by atoms with E-state index in [0.29, 0.717) is 19.1 Å². The number of thiazole rings is 1. The average molecular weight is 269 g/mol. The number of nitrogens with zero attached hydrogens (tertiary/aromatic N) is 2. The predicted octanol–water partition coefficient (Wildman–Crippen LogP) is 1.13. The van der Waals surface area contributed by atoms with Crippen LogP contribution in [0.2, 0.25) is 0 Å². The third-order valence-corrected chi connectivity index (χ3v) is 4.06. The summed E-state index contributed by atoms with van der Waals surface area (Å²) in [5, 5.41) is 15.3. The first-order chi connectivity index (χ1) is 8.60. The molecule has 0 bridgehead atoms. The van der Waals surface area contributed by atoms with Crippen LogP contribution in [0.15, 0.2) is 5.38 Å². The lowest BCUT2D eigenvalue weighted by Crippen LogP contribution is -2.43. The van der Waals surface area contributed by atoms with Gasteiger partial charge in [-0.15, -0.1) is 11.3 Å². The maximum absolute atomic E-state index is 11.4. The van der Waals surface area contributed by atoms with E-state index in [1.54, 1.807) is 11.8 Å². The van der Waals surface area contributed by atoms with Crippen molar-refractivity contribution in [3.05, 3.63) is 11.1 Å². The molecule has 1 aliphatic rings. The van der Waals surface area contributed by atoms with Crippen LogP contribution in [-0.2, 0) is 11.3 Å². The van der Waals surface area contributed by atoms with Crippen molar-refractivity contribution in [2.45, 2.75) is 45.4 Å². The lowest BCUT2D eigenvalue weighted by Gasteiger charge is -2.31. The van der Waals surface area contributed by atoms with E-state index < -0.39 is 0 Å². The quantitative estimate of drug-likeness (QED) is 0.841. The maximum atomic E-state index is 11.4. The number of carbonyl (C=O) groups excluding carboxylic acids is 1. The molecule has 0 atom stereocenters. The predicted molar refractivity (Wildman–Crippen MR) is 71.7 cm³/mol. The average Bonchev–Trinajstić information content (AvgIpc) is 2.72. The van der Waals surface area contributed by atoms with Crippen LogP contribution >= 0.6 is 11.3 Å². The van der Waals surface area contributed by atoms with Gasteiger partial charge in [0.1, 0.15) is 0 Å². The van der Waals surface area contributed by atoms with Crippen molar-refractivity contribution < 1.29 is 9.90 Å². The van der Waals surface area contributed by atoms with E-state index >= 15 is 0 Å². The molecule has 0 saturated heterocycles. The molecule has 2 N–H and O–H groups in total. The van der Waals surface area contributed by atoms with Crippen LogP contribution in [0.25, 0.3) is 0 Å². The molecule has 1 heterocycles. The molecule has 1 aromatic rings. The highest BCUT2D eigenvalue weighted by atomic mass is 32.1. The van der Waals surface area contributed by atoms with Gasteiger partial charge in [0, 0.05) is 31.4 Å². The van der Waals surface area contributed by atoms with Crippen LogP contribution in [0.4, 0.5) is 5.13 Å². The number of aliphatic hydroxyl groups is 1. The fraction of sp³-hybridized carbons (Fsp3) is 0.667. The van der Waals surface area contributed by atoms with Gasteiger partial charge in [-0.05, 0) is 19.8 Å². The van der Waals surface area contributed by atoms with Gasteiger partial charge >= 0.3 is 0 Å². The minimum absolute atomic E-state index is 0.0217. The van der Waals surface area contributed by atoms with Crippen molar-refractivity contribution in [3.63, 3.8) is 0 Å². The van der Waals surface area contributed by atoms with Crippen LogP contribution in [-0.4, -0.2) is 34.7 Å². The van der Waals surface area contributed by atoms with E-state index in [9.17, 15) is 9.90 Å². The van der Waals surface area contributed by atoms with Crippen molar-refractivity contribution in [2.75, 3.05) is 11.4 Å². The van der Waals surface area contributed by atoms with E-state index in [-0.39, 0.29) is 12.0 Å². The lowest BCUT2D eigenvalue weighted by molar-refractivity contribution is -0.116. The molecule has 2 rings (SSSR count). The molecular weight excluding hydrogens is 250 g/mol. The van der Waals surface area contributed by atoms with Gasteiger partial charge in [-0.3, -0.25) is 9.69 Å². The third kappa shape index (κ3) is 3.07. The highest BCUT2D eigenvalue weighted by Gasteiger charge is 2.26. The molecule has 1 aliphatic carbocycles. The molecule has 0 aromatic carbocycles. The Hall–Kier alpha value is -0.980. The van der Waals surface area contributed by atoms with Gasteiger partial charge < -0.3 is 10.4 Å². The van der Waals surface area contributed by atoms with Crippen molar-refractivity contribution >= 4 is 22.4 Å². The molecule has 1 fully saturated rings. The zero-order chi connectivity index (χ0) is 13.1. The molecule has 0 spiro atoms. The number of amides is 1. The Balaban J connectivity index is 1.87. The molecule has 0 unspecified atom stereocenters. The summed E-state index contributed by atoms with van der Waals surface area (Å²) in [6.07, 6.45) is 1.51. The molecule has 100 valence electrons. The molecule has 1 aromatic heterocycles. The Morgan fingerprint density at radius 1 is 1.67 bits per heavy atom. The van der Waals surface area contributed by atoms with Gasteiger partial charge in [-0.25, -0.2) is 4.98 Å². The maximum Gasteiger partial charge on any atom is 0.225 e. The van der Waals surface area contributed by atoms with E-state index in [0.717, 1.165) is 23.7 Å². The Kier molecular flexibility index (Phi) is 4.31. The minimum atomic E-state index is -0.137. The highest BCUT2D eigenvalue weighted by molar-refractivity contribution is 7.14. The standard InChI is InChI=1S/C12H19N3O2S/c1-3-15(8(2)16)12-14-10(7-18-12)6-13-9-4-11(17)5-9/h7,9,11,13,17H,3-6H2,1-2H3. The fourth-order valence-corrected chi connectivity index (χ4v) is 2.93. The molecule has 5 nitrogen and oxygen atoms in total. The van der Waals surface area contributed by atoms with Crippen LogP contribution < -0.4 is 10.2 Å². The van der Waals surface area contributed by atoms with Gasteiger partial charge in [0.05, 0.1) is 11.8 Å². The van der Waals surface area contributed by atoms with Gasteiger partial charge in [0.25, 0.3) is 0 Å². The largest absolute Gasteiger partial charge is 0.393 e. The number of carbonyl (C=O) groups is 1. The lowest BCUT2D eigenvalue weighted by atomic mass is 9.89. The number of hydrogen-bond donors (Lipinski definition) is 2. The summed E-state index contributed by atoms with van der Waals surface area (Å²) in [7, 11) is 0. The summed E-state index contributed by atoms with van der Waals surface area (Å²) in [6, 6.07) is 0.403. The number of aromatic nitrogens is 1. The molecule has 6 heteroatoms. The molecule has 0 aliphatic heterocycles. The van der Waals surface area contributed by atoms with E-state index in [4.69, 9.17) is 0 Å². The Labute approximate surface area is 111 Å². The smallest absolute Gasteiger partial charge is 0.225 e. The number of nitrogens with one attached hydrogen (secondary N) is 1. The second-order valence-electron chi connectivity index (χ2n) is 4.59. The Morgan fingerprint density at radius 2 is 2.39 bits per heavy atom. The van der Waals surface area contributed by atoms with Crippen LogP contribution in [0.5, 0.6) is 0 Å². The number of rotatable bonds is 5. The van der Waals surface area contributed by atoms with Gasteiger partial charge in [0.2, 0.25) is 5.91 Å². The van der Waals surface area contributed by atoms with E-state index in [1.807, 2.05) is 12.3 Å². The van der Waals surface area contributed by atoms with E-state index in [2.05, 4.69) is 10.3 Å². The zero-order valence-electron chi connectivity index (χ0n) is 10.7. The van der Waals surface area contributed by atoms with Crippen molar-refractivity contribution in [1.29, 1.82) is 0 Å². The summed E-state index contributed by atoms with van der Waals surface area (Å²) in [6.45, 7) is 4.84. The second kappa shape index (κ2) is 5.77. The number of aliphatic hydroxyl groups excluding tert-OH is 1. The first kappa shape index (κ1) is 13.5. The Bertz CT molecular complexity index is 415. The Morgan fingerprint density at radius 3 is 2.94 bits per heavy atom. The second-order valence-corrected chi connectivity index (χ2v) is 5.42. The van der Waals surface area contributed by atoms with Crippen LogP contribution in [0, 0.1) is 0 Å². The minimum Gasteiger partial charge on any atom is -0.393 e. The topological polar surface area (TPSA) is 65.5 Å². The summed E-state index contributed by atoms with van der Waals surface area (Å²) >= 11 is 1.49.